The van der Waals surface area contributed by atoms with E-state index >= 15 is 0 Å². The summed E-state index contributed by atoms with van der Waals surface area (Å²) in [6.07, 6.45) is 8.85. The predicted octanol–water partition coefficient (Wildman–Crippen LogP) is 1.96. The molecule has 0 amide bonds. The third-order valence-electron chi connectivity index (χ3n) is 7.03. The van der Waals surface area contributed by atoms with Gasteiger partial charge in [-0.15, -0.1) is 11.3 Å². The minimum atomic E-state index is -3.48. The molecule has 0 unspecified atom stereocenters. The number of nitrogens with zero attached hydrogens (tertiary/aromatic N) is 5. The van der Waals surface area contributed by atoms with E-state index in [-0.39, 0.29) is 18.9 Å². The van der Waals surface area contributed by atoms with Crippen LogP contribution in [0, 0.1) is 5.92 Å². The summed E-state index contributed by atoms with van der Waals surface area (Å²) in [7, 11) is -3.48. The van der Waals surface area contributed by atoms with Crippen LogP contribution in [0.4, 0.5) is 5.82 Å². The van der Waals surface area contributed by atoms with E-state index < -0.39 is 10.0 Å². The topological polar surface area (TPSA) is 108 Å². The van der Waals surface area contributed by atoms with E-state index in [9.17, 15) is 8.42 Å². The van der Waals surface area contributed by atoms with Crippen molar-refractivity contribution in [3.8, 4) is 0 Å². The normalized spacial score (nSPS) is 25.6. The molecular formula is C22H31N5O4S2. The summed E-state index contributed by atoms with van der Waals surface area (Å²) in [4.78, 5) is 18.3. The van der Waals surface area contributed by atoms with Crippen molar-refractivity contribution in [2.45, 2.75) is 44.7 Å². The van der Waals surface area contributed by atoms with Gasteiger partial charge in [0.15, 0.2) is 5.82 Å². The van der Waals surface area contributed by atoms with Gasteiger partial charge in [0.1, 0.15) is 11.2 Å². The zero-order valence-corrected chi connectivity index (χ0v) is 20.4. The molecule has 0 spiro atoms. The maximum absolute atomic E-state index is 12.5. The first-order chi connectivity index (χ1) is 16.0. The molecule has 0 radical (unpaired) electrons. The van der Waals surface area contributed by atoms with E-state index in [1.165, 1.54) is 17.1 Å². The van der Waals surface area contributed by atoms with Gasteiger partial charge in [0.2, 0.25) is 10.0 Å². The van der Waals surface area contributed by atoms with E-state index in [4.69, 9.17) is 14.8 Å². The van der Waals surface area contributed by atoms with Gasteiger partial charge < -0.3 is 9.84 Å². The summed E-state index contributed by atoms with van der Waals surface area (Å²) in [5.41, 5.74) is 0.964. The lowest BCUT2D eigenvalue weighted by Gasteiger charge is -2.38. The Morgan fingerprint density at radius 1 is 1.18 bits per heavy atom. The number of ether oxygens (including phenoxy) is 1. The number of thiophene rings is 1. The number of sulfonamides is 1. The molecule has 1 aliphatic carbocycles. The van der Waals surface area contributed by atoms with Crippen molar-refractivity contribution in [3.05, 3.63) is 16.8 Å². The van der Waals surface area contributed by atoms with Crippen LogP contribution >= 0.6 is 11.3 Å². The Morgan fingerprint density at radius 3 is 2.73 bits per heavy atom. The van der Waals surface area contributed by atoms with E-state index in [0.717, 1.165) is 59.8 Å². The average Bonchev–Trinajstić information content (AvgIpc) is 3.22. The van der Waals surface area contributed by atoms with E-state index in [2.05, 4.69) is 14.9 Å². The van der Waals surface area contributed by atoms with Crippen LogP contribution in [-0.2, 0) is 27.7 Å². The number of morpholine rings is 1. The summed E-state index contributed by atoms with van der Waals surface area (Å²) in [6, 6.07) is 0.653. The third kappa shape index (κ3) is 4.98. The van der Waals surface area contributed by atoms with Gasteiger partial charge in [0.05, 0.1) is 31.0 Å². The van der Waals surface area contributed by atoms with Gasteiger partial charge in [0, 0.05) is 43.3 Å². The van der Waals surface area contributed by atoms with Gasteiger partial charge in [-0.2, -0.15) is 4.31 Å². The number of aliphatic hydroxyl groups excluding tert-OH is 1. The van der Waals surface area contributed by atoms with Crippen LogP contribution in [0.25, 0.3) is 10.2 Å². The number of rotatable bonds is 6. The van der Waals surface area contributed by atoms with Crippen LogP contribution in [0.2, 0.25) is 0 Å². The molecule has 0 bridgehead atoms. The van der Waals surface area contributed by atoms with Crippen LogP contribution in [0.5, 0.6) is 0 Å². The van der Waals surface area contributed by atoms with E-state index in [1.807, 2.05) is 6.21 Å². The molecule has 11 heteroatoms. The highest BCUT2D eigenvalue weighted by Crippen LogP contribution is 2.39. The van der Waals surface area contributed by atoms with Crippen LogP contribution in [0.1, 0.15) is 36.1 Å². The molecule has 1 saturated carbocycles. The first kappa shape index (κ1) is 23.3. The van der Waals surface area contributed by atoms with Crippen LogP contribution in [0.3, 0.4) is 0 Å². The molecule has 2 fully saturated rings. The molecular weight excluding hydrogens is 462 g/mol. The van der Waals surface area contributed by atoms with Crippen molar-refractivity contribution in [1.82, 2.24) is 19.2 Å². The number of hydrogen-bond acceptors (Lipinski definition) is 9. The lowest BCUT2D eigenvalue weighted by atomic mass is 9.86. The van der Waals surface area contributed by atoms with Crippen molar-refractivity contribution in [2.75, 3.05) is 45.2 Å². The zero-order valence-electron chi connectivity index (χ0n) is 18.7. The molecule has 1 N–H and O–H groups in total. The standard InChI is InChI=1S/C22H31N5O4S2/c28-9-12-33(29,30)27-6-5-19-18(14-27)20-21(24-15-25-22(20)32-19)23-13-16-1-3-17(4-2-16)26-7-10-31-11-8-26/h13,15-17,28H,1-12,14H2. The molecule has 2 aromatic heterocycles. The summed E-state index contributed by atoms with van der Waals surface area (Å²) in [6.45, 7) is 4.11. The molecule has 9 nitrogen and oxygen atoms in total. The van der Waals surface area contributed by atoms with Crippen LogP contribution in [0.15, 0.2) is 11.3 Å². The van der Waals surface area contributed by atoms with Gasteiger partial charge in [-0.1, -0.05) is 0 Å². The Bertz CT molecular complexity index is 1110. The number of aliphatic imine (C=N–C) groups is 1. The molecule has 2 aliphatic heterocycles. The Hall–Kier alpha value is -1.50. The minimum absolute atomic E-state index is 0.251. The smallest absolute Gasteiger partial charge is 0.216 e. The average molecular weight is 494 g/mol. The molecule has 1 saturated heterocycles. The van der Waals surface area contributed by atoms with Crippen molar-refractivity contribution in [1.29, 1.82) is 0 Å². The number of fused-ring (bicyclic) bond motifs is 3. The second-order valence-corrected chi connectivity index (χ2v) is 12.2. The molecule has 4 heterocycles. The maximum atomic E-state index is 12.5. The number of hydrogen-bond donors (Lipinski definition) is 1. The monoisotopic (exact) mass is 493 g/mol. The second-order valence-electron chi connectivity index (χ2n) is 9.00. The zero-order chi connectivity index (χ0) is 22.8. The van der Waals surface area contributed by atoms with Gasteiger partial charge in [-0.25, -0.2) is 23.4 Å². The summed E-state index contributed by atoms with van der Waals surface area (Å²) in [5.74, 6) is 0.816. The van der Waals surface area contributed by atoms with Gasteiger partial charge in [0.25, 0.3) is 0 Å². The third-order valence-corrected chi connectivity index (χ3v) is 10.0. The minimum Gasteiger partial charge on any atom is -0.395 e. The molecule has 33 heavy (non-hydrogen) atoms. The predicted molar refractivity (Wildman–Crippen MR) is 129 cm³/mol. The Balaban J connectivity index is 1.31. The fourth-order valence-electron chi connectivity index (χ4n) is 5.18. The van der Waals surface area contributed by atoms with Crippen molar-refractivity contribution in [3.63, 3.8) is 0 Å². The van der Waals surface area contributed by atoms with Crippen LogP contribution < -0.4 is 0 Å². The number of aliphatic hydroxyl groups is 1. The van der Waals surface area contributed by atoms with Crippen LogP contribution in [-0.4, -0.2) is 90.2 Å². The highest BCUT2D eigenvalue weighted by Gasteiger charge is 2.30. The Kier molecular flexibility index (Phi) is 7.05. The summed E-state index contributed by atoms with van der Waals surface area (Å²) in [5, 5.41) is 10.0. The van der Waals surface area contributed by atoms with Gasteiger partial charge in [-0.05, 0) is 43.6 Å². The van der Waals surface area contributed by atoms with E-state index in [0.29, 0.717) is 30.7 Å². The van der Waals surface area contributed by atoms with Gasteiger partial charge >= 0.3 is 0 Å². The molecule has 2 aromatic rings. The van der Waals surface area contributed by atoms with Crippen molar-refractivity contribution in [2.24, 2.45) is 10.9 Å². The molecule has 0 aromatic carbocycles. The van der Waals surface area contributed by atoms with Crippen molar-refractivity contribution >= 4 is 43.6 Å². The summed E-state index contributed by atoms with van der Waals surface area (Å²) < 4.78 is 32.0. The lowest BCUT2D eigenvalue weighted by molar-refractivity contribution is 0.00708. The largest absolute Gasteiger partial charge is 0.395 e. The van der Waals surface area contributed by atoms with E-state index in [1.54, 1.807) is 17.7 Å². The molecule has 5 rings (SSSR count). The highest BCUT2D eigenvalue weighted by atomic mass is 32.2. The number of aromatic nitrogens is 2. The lowest BCUT2D eigenvalue weighted by Crippen LogP contribution is -2.45. The Morgan fingerprint density at radius 2 is 1.97 bits per heavy atom. The first-order valence-corrected chi connectivity index (χ1v) is 14.2. The summed E-state index contributed by atoms with van der Waals surface area (Å²) >= 11 is 1.61. The maximum Gasteiger partial charge on any atom is 0.216 e. The SMILES string of the molecule is O=S(=O)(CCO)N1CCc2sc3ncnc(N=CC4CCC(N5CCOCC5)CC4)c3c2C1. The Labute approximate surface area is 198 Å². The van der Waals surface area contributed by atoms with Crippen molar-refractivity contribution < 1.29 is 18.3 Å². The first-order valence-electron chi connectivity index (χ1n) is 11.7. The quantitative estimate of drug-likeness (QED) is 0.613. The fourth-order valence-corrected chi connectivity index (χ4v) is 7.50. The molecule has 3 aliphatic rings. The highest BCUT2D eigenvalue weighted by molar-refractivity contribution is 7.89. The molecule has 0 atom stereocenters. The van der Waals surface area contributed by atoms with Gasteiger partial charge in [-0.3, -0.25) is 4.90 Å². The second kappa shape index (κ2) is 10.0. The molecule has 180 valence electrons. The fraction of sp³-hybridized carbons (Fsp3) is 0.682.